The van der Waals surface area contributed by atoms with E-state index in [0.717, 1.165) is 24.7 Å². The van der Waals surface area contributed by atoms with Crippen LogP contribution in [0.3, 0.4) is 0 Å². The van der Waals surface area contributed by atoms with E-state index in [1.807, 2.05) is 12.2 Å². The summed E-state index contributed by atoms with van der Waals surface area (Å²) in [6.45, 7) is 2.13. The molecule has 0 spiro atoms. The van der Waals surface area contributed by atoms with Gasteiger partial charge in [0.15, 0.2) is 0 Å². The highest BCUT2D eigenvalue weighted by atomic mass is 16.5. The van der Waals surface area contributed by atoms with E-state index in [-0.39, 0.29) is 17.3 Å². The monoisotopic (exact) mass is 220 g/mol. The van der Waals surface area contributed by atoms with Gasteiger partial charge in [-0.3, -0.25) is 9.59 Å². The molecule has 2 unspecified atom stereocenters. The molecule has 1 fully saturated rings. The van der Waals surface area contributed by atoms with Crippen LogP contribution in [0, 0.1) is 17.3 Å². The third kappa shape index (κ3) is 1.82. The number of methoxy groups -OCH3 is 1. The van der Waals surface area contributed by atoms with Gasteiger partial charge in [-0.05, 0) is 24.2 Å². The zero-order valence-corrected chi connectivity index (χ0v) is 9.60. The number of aldehydes is 1. The van der Waals surface area contributed by atoms with E-state index < -0.39 is 0 Å². The van der Waals surface area contributed by atoms with Gasteiger partial charge >= 0.3 is 5.97 Å². The SMILES string of the molecule is COC(=O)C1C[C@H]1C1(C)C=CC(C=O)=CC1. The van der Waals surface area contributed by atoms with Gasteiger partial charge in [0.2, 0.25) is 0 Å². The summed E-state index contributed by atoms with van der Waals surface area (Å²) < 4.78 is 4.75. The van der Waals surface area contributed by atoms with Crippen molar-refractivity contribution < 1.29 is 14.3 Å². The van der Waals surface area contributed by atoms with Gasteiger partial charge in [-0.15, -0.1) is 0 Å². The number of allylic oxidation sites excluding steroid dienone is 4. The van der Waals surface area contributed by atoms with Gasteiger partial charge in [-0.25, -0.2) is 0 Å². The van der Waals surface area contributed by atoms with Crippen molar-refractivity contribution in [1.29, 1.82) is 0 Å². The number of hydrogen-bond donors (Lipinski definition) is 0. The Balaban J connectivity index is 2.03. The van der Waals surface area contributed by atoms with Crippen LogP contribution in [-0.4, -0.2) is 19.4 Å². The van der Waals surface area contributed by atoms with Gasteiger partial charge in [-0.2, -0.15) is 0 Å². The third-order valence-corrected chi connectivity index (χ3v) is 3.71. The van der Waals surface area contributed by atoms with Crippen molar-refractivity contribution in [3.05, 3.63) is 23.8 Å². The van der Waals surface area contributed by atoms with E-state index in [4.69, 9.17) is 4.74 Å². The van der Waals surface area contributed by atoms with Crippen molar-refractivity contribution in [2.24, 2.45) is 17.3 Å². The molecule has 2 rings (SSSR count). The lowest BCUT2D eigenvalue weighted by molar-refractivity contribution is -0.142. The summed E-state index contributed by atoms with van der Waals surface area (Å²) in [5.74, 6) is 0.302. The molecular weight excluding hydrogens is 204 g/mol. The van der Waals surface area contributed by atoms with Gasteiger partial charge in [0, 0.05) is 5.57 Å². The molecule has 0 aromatic rings. The van der Waals surface area contributed by atoms with Crippen molar-refractivity contribution in [2.45, 2.75) is 19.8 Å². The van der Waals surface area contributed by atoms with Crippen LogP contribution in [-0.2, 0) is 14.3 Å². The molecule has 3 atom stereocenters. The minimum atomic E-state index is -0.107. The molecule has 3 nitrogen and oxygen atoms in total. The summed E-state index contributed by atoms with van der Waals surface area (Å²) in [4.78, 5) is 22.0. The first kappa shape index (κ1) is 11.1. The summed E-state index contributed by atoms with van der Waals surface area (Å²) in [6.07, 6.45) is 8.45. The highest BCUT2D eigenvalue weighted by Gasteiger charge is 2.53. The topological polar surface area (TPSA) is 43.4 Å². The standard InChI is InChI=1S/C13H16O3/c1-13(5-3-9(8-14)4-6-13)11-7-10(11)12(15)16-2/h3-5,8,10-11H,6-7H2,1-2H3/t10?,11-,13?/m1/s1. The molecule has 86 valence electrons. The van der Waals surface area contributed by atoms with Crippen molar-refractivity contribution in [3.63, 3.8) is 0 Å². The van der Waals surface area contributed by atoms with E-state index in [1.165, 1.54) is 7.11 Å². The molecule has 0 aromatic heterocycles. The Morgan fingerprint density at radius 2 is 2.38 bits per heavy atom. The Bertz CT molecular complexity index is 381. The maximum atomic E-state index is 11.4. The van der Waals surface area contributed by atoms with Crippen LogP contribution in [0.25, 0.3) is 0 Å². The van der Waals surface area contributed by atoms with Crippen molar-refractivity contribution >= 4 is 12.3 Å². The van der Waals surface area contributed by atoms with Crippen LogP contribution in [0.2, 0.25) is 0 Å². The average Bonchev–Trinajstić information content (AvgIpc) is 3.10. The summed E-state index contributed by atoms with van der Waals surface area (Å²) in [6, 6.07) is 0. The van der Waals surface area contributed by atoms with Crippen LogP contribution in [0.4, 0.5) is 0 Å². The fourth-order valence-electron chi connectivity index (χ4n) is 2.46. The van der Waals surface area contributed by atoms with E-state index in [2.05, 4.69) is 13.0 Å². The zero-order chi connectivity index (χ0) is 11.8. The molecule has 16 heavy (non-hydrogen) atoms. The Hall–Kier alpha value is -1.38. The zero-order valence-electron chi connectivity index (χ0n) is 9.60. The maximum absolute atomic E-state index is 11.4. The molecule has 0 heterocycles. The normalized spacial score (nSPS) is 36.5. The molecule has 0 N–H and O–H groups in total. The molecule has 2 aliphatic carbocycles. The number of ether oxygens (including phenoxy) is 1. The molecular formula is C13H16O3. The Kier molecular flexibility index (Phi) is 2.70. The van der Waals surface area contributed by atoms with Crippen LogP contribution >= 0.6 is 0 Å². The van der Waals surface area contributed by atoms with Gasteiger partial charge in [-0.1, -0.05) is 25.2 Å². The van der Waals surface area contributed by atoms with E-state index in [0.29, 0.717) is 5.92 Å². The van der Waals surface area contributed by atoms with Gasteiger partial charge in [0.1, 0.15) is 6.29 Å². The fraction of sp³-hybridized carbons (Fsp3) is 0.538. The Morgan fingerprint density at radius 1 is 1.62 bits per heavy atom. The average molecular weight is 220 g/mol. The summed E-state index contributed by atoms with van der Waals surface area (Å²) in [5.41, 5.74) is 0.735. The van der Waals surface area contributed by atoms with Gasteiger partial charge in [0.05, 0.1) is 13.0 Å². The highest BCUT2D eigenvalue weighted by molar-refractivity contribution is 5.78. The number of carbonyl (C=O) groups is 2. The number of esters is 1. The van der Waals surface area contributed by atoms with E-state index in [1.54, 1.807) is 0 Å². The van der Waals surface area contributed by atoms with Crippen LogP contribution < -0.4 is 0 Å². The van der Waals surface area contributed by atoms with Gasteiger partial charge < -0.3 is 4.74 Å². The number of rotatable bonds is 3. The maximum Gasteiger partial charge on any atom is 0.308 e. The molecule has 3 heteroatoms. The number of hydrogen-bond acceptors (Lipinski definition) is 3. The Labute approximate surface area is 95.2 Å². The summed E-state index contributed by atoms with van der Waals surface area (Å²) >= 11 is 0. The van der Waals surface area contributed by atoms with Gasteiger partial charge in [0.25, 0.3) is 0 Å². The molecule has 0 saturated heterocycles. The lowest BCUT2D eigenvalue weighted by Gasteiger charge is -2.27. The third-order valence-electron chi connectivity index (χ3n) is 3.71. The smallest absolute Gasteiger partial charge is 0.308 e. The van der Waals surface area contributed by atoms with E-state index in [9.17, 15) is 9.59 Å². The van der Waals surface area contributed by atoms with E-state index >= 15 is 0 Å². The molecule has 0 radical (unpaired) electrons. The quantitative estimate of drug-likeness (QED) is 0.539. The molecule has 0 aromatic carbocycles. The summed E-state index contributed by atoms with van der Waals surface area (Å²) in [5, 5.41) is 0. The van der Waals surface area contributed by atoms with Crippen molar-refractivity contribution in [3.8, 4) is 0 Å². The van der Waals surface area contributed by atoms with Crippen LogP contribution in [0.15, 0.2) is 23.8 Å². The molecule has 2 aliphatic rings. The minimum Gasteiger partial charge on any atom is -0.469 e. The molecule has 0 aliphatic heterocycles. The molecule has 0 bridgehead atoms. The summed E-state index contributed by atoms with van der Waals surface area (Å²) in [7, 11) is 1.43. The van der Waals surface area contributed by atoms with Crippen molar-refractivity contribution in [1.82, 2.24) is 0 Å². The second kappa shape index (κ2) is 3.89. The van der Waals surface area contributed by atoms with Crippen molar-refractivity contribution in [2.75, 3.05) is 7.11 Å². The molecule has 0 amide bonds. The predicted octanol–water partition coefficient (Wildman–Crippen LogP) is 1.89. The number of carbonyl (C=O) groups excluding carboxylic acids is 2. The van der Waals surface area contributed by atoms with Crippen LogP contribution in [0.5, 0.6) is 0 Å². The lowest BCUT2D eigenvalue weighted by atomic mass is 9.77. The first-order valence-corrected chi connectivity index (χ1v) is 5.53. The first-order valence-electron chi connectivity index (χ1n) is 5.53. The highest BCUT2D eigenvalue weighted by Crippen LogP contribution is 2.55. The Morgan fingerprint density at radius 3 is 2.88 bits per heavy atom. The first-order chi connectivity index (χ1) is 7.60. The second-order valence-corrected chi connectivity index (χ2v) is 4.84. The largest absolute Gasteiger partial charge is 0.469 e. The molecule has 1 saturated carbocycles. The predicted molar refractivity (Wildman–Crippen MR) is 59.6 cm³/mol. The second-order valence-electron chi connectivity index (χ2n) is 4.84. The van der Waals surface area contributed by atoms with Crippen LogP contribution in [0.1, 0.15) is 19.8 Å². The fourth-order valence-corrected chi connectivity index (χ4v) is 2.46. The minimum absolute atomic E-state index is 0.00532. The lowest BCUT2D eigenvalue weighted by Crippen LogP contribution is -2.21.